The molecule has 0 saturated carbocycles. The summed E-state index contributed by atoms with van der Waals surface area (Å²) in [5.74, 6) is -1.32. The molecule has 1 aliphatic rings. The molecule has 0 unspecified atom stereocenters. The van der Waals surface area contributed by atoms with Crippen LogP contribution < -0.4 is 5.46 Å². The van der Waals surface area contributed by atoms with Crippen LogP contribution in [0.1, 0.15) is 37.4 Å². The quantitative estimate of drug-likeness (QED) is 0.551. The molecular formula is C22H16BFO4. The maximum Gasteiger partial charge on any atom is 0.491 e. The van der Waals surface area contributed by atoms with Crippen LogP contribution in [-0.4, -0.2) is 23.7 Å². The van der Waals surface area contributed by atoms with Crippen molar-refractivity contribution >= 4 is 24.1 Å². The molecule has 0 aromatic heterocycles. The van der Waals surface area contributed by atoms with Gasteiger partial charge in [0, 0.05) is 17.5 Å². The van der Waals surface area contributed by atoms with Crippen LogP contribution in [0.25, 0.3) is 0 Å². The molecule has 4 nitrogen and oxygen atoms in total. The van der Waals surface area contributed by atoms with Crippen LogP contribution in [0.4, 0.5) is 4.39 Å². The molecule has 28 heavy (non-hydrogen) atoms. The standard InChI is InChI=1S/C22H16BFO4/c24-20-10-16-13-28-23(27)19(16)12-18(20)21(25)11-15-8-4-5-9-17(15)22(26)14-6-2-1-3-7-14/h1-10,12,27H,11,13H2. The van der Waals surface area contributed by atoms with E-state index in [1.54, 1.807) is 48.5 Å². The zero-order valence-corrected chi connectivity index (χ0v) is 14.9. The number of carbonyl (C=O) groups is 2. The second-order valence-electron chi connectivity index (χ2n) is 6.65. The molecule has 3 aromatic rings. The van der Waals surface area contributed by atoms with Crippen molar-refractivity contribution in [1.29, 1.82) is 0 Å². The first-order chi connectivity index (χ1) is 13.5. The average molecular weight is 374 g/mol. The molecule has 1 N–H and O–H groups in total. The lowest BCUT2D eigenvalue weighted by Crippen LogP contribution is -2.29. The van der Waals surface area contributed by atoms with E-state index in [0.717, 1.165) is 0 Å². The van der Waals surface area contributed by atoms with E-state index in [9.17, 15) is 19.0 Å². The van der Waals surface area contributed by atoms with Gasteiger partial charge in [-0.2, -0.15) is 0 Å². The van der Waals surface area contributed by atoms with Gasteiger partial charge < -0.3 is 9.68 Å². The first-order valence-electron chi connectivity index (χ1n) is 8.87. The van der Waals surface area contributed by atoms with Crippen LogP contribution in [0.2, 0.25) is 0 Å². The Morgan fingerprint density at radius 1 is 1.00 bits per heavy atom. The molecule has 0 atom stereocenters. The summed E-state index contributed by atoms with van der Waals surface area (Å²) >= 11 is 0. The smallest absolute Gasteiger partial charge is 0.423 e. The van der Waals surface area contributed by atoms with Crippen LogP contribution in [0.3, 0.4) is 0 Å². The van der Waals surface area contributed by atoms with E-state index in [1.165, 1.54) is 12.1 Å². The van der Waals surface area contributed by atoms with Crippen LogP contribution in [-0.2, 0) is 17.7 Å². The number of benzene rings is 3. The monoisotopic (exact) mass is 374 g/mol. The van der Waals surface area contributed by atoms with Crippen molar-refractivity contribution in [2.24, 2.45) is 0 Å². The maximum absolute atomic E-state index is 14.4. The summed E-state index contributed by atoms with van der Waals surface area (Å²) in [5, 5.41) is 9.81. The summed E-state index contributed by atoms with van der Waals surface area (Å²) in [7, 11) is -1.16. The third-order valence-electron chi connectivity index (χ3n) is 4.84. The molecule has 0 fully saturated rings. The fourth-order valence-electron chi connectivity index (χ4n) is 3.37. The predicted molar refractivity (Wildman–Crippen MR) is 103 cm³/mol. The normalized spacial score (nSPS) is 12.7. The lowest BCUT2D eigenvalue weighted by molar-refractivity contribution is 0.0989. The molecule has 4 rings (SSSR count). The Hall–Kier alpha value is -3.09. The number of fused-ring (bicyclic) bond motifs is 1. The topological polar surface area (TPSA) is 63.6 Å². The van der Waals surface area contributed by atoms with E-state index in [4.69, 9.17) is 4.65 Å². The van der Waals surface area contributed by atoms with Crippen LogP contribution >= 0.6 is 0 Å². The Kier molecular flexibility index (Phi) is 4.90. The molecule has 0 radical (unpaired) electrons. The van der Waals surface area contributed by atoms with Crippen molar-refractivity contribution < 1.29 is 23.7 Å². The number of carbonyl (C=O) groups excluding carboxylic acids is 2. The van der Waals surface area contributed by atoms with Gasteiger partial charge in [-0.3, -0.25) is 9.59 Å². The van der Waals surface area contributed by atoms with E-state index in [-0.39, 0.29) is 24.4 Å². The molecular weight excluding hydrogens is 358 g/mol. The zero-order valence-electron chi connectivity index (χ0n) is 14.9. The second-order valence-corrected chi connectivity index (χ2v) is 6.65. The third kappa shape index (κ3) is 3.40. The Labute approximate surface area is 161 Å². The van der Waals surface area contributed by atoms with Gasteiger partial charge in [0.1, 0.15) is 5.82 Å². The van der Waals surface area contributed by atoms with Gasteiger partial charge in [-0.15, -0.1) is 0 Å². The minimum absolute atomic E-state index is 0.107. The van der Waals surface area contributed by atoms with E-state index >= 15 is 0 Å². The van der Waals surface area contributed by atoms with Gasteiger partial charge in [-0.25, -0.2) is 4.39 Å². The number of rotatable bonds is 5. The highest BCUT2D eigenvalue weighted by Crippen LogP contribution is 2.20. The molecule has 0 aliphatic carbocycles. The fourth-order valence-corrected chi connectivity index (χ4v) is 3.37. The summed E-state index contributed by atoms with van der Waals surface area (Å²) in [4.78, 5) is 25.6. The summed E-state index contributed by atoms with van der Waals surface area (Å²) in [6, 6.07) is 18.2. The largest absolute Gasteiger partial charge is 0.491 e. The van der Waals surface area contributed by atoms with Crippen molar-refractivity contribution in [1.82, 2.24) is 0 Å². The molecule has 0 amide bonds. The Morgan fingerprint density at radius 2 is 1.71 bits per heavy atom. The molecule has 0 spiro atoms. The highest BCUT2D eigenvalue weighted by molar-refractivity contribution is 6.61. The summed E-state index contributed by atoms with van der Waals surface area (Å²) in [6.45, 7) is 0.107. The van der Waals surface area contributed by atoms with Crippen molar-refractivity contribution in [3.63, 3.8) is 0 Å². The first-order valence-corrected chi connectivity index (χ1v) is 8.87. The number of hydrogen-bond donors (Lipinski definition) is 1. The van der Waals surface area contributed by atoms with Gasteiger partial charge in [0.15, 0.2) is 11.6 Å². The molecule has 138 valence electrons. The summed E-state index contributed by atoms with van der Waals surface area (Å²) in [5.41, 5.74) is 2.27. The third-order valence-corrected chi connectivity index (χ3v) is 4.84. The van der Waals surface area contributed by atoms with Gasteiger partial charge in [0.2, 0.25) is 0 Å². The number of halogens is 1. The Bertz CT molecular complexity index is 1070. The van der Waals surface area contributed by atoms with E-state index < -0.39 is 18.7 Å². The Morgan fingerprint density at radius 3 is 2.50 bits per heavy atom. The lowest BCUT2D eigenvalue weighted by atomic mass is 9.78. The van der Waals surface area contributed by atoms with Crippen molar-refractivity contribution in [3.05, 3.63) is 100 Å². The molecule has 1 heterocycles. The molecule has 0 bridgehead atoms. The van der Waals surface area contributed by atoms with Gasteiger partial charge in [0.05, 0.1) is 12.2 Å². The average Bonchev–Trinajstić information content (AvgIpc) is 3.07. The van der Waals surface area contributed by atoms with Gasteiger partial charge in [-0.1, -0.05) is 54.6 Å². The minimum Gasteiger partial charge on any atom is -0.423 e. The molecule has 1 aliphatic heterocycles. The lowest BCUT2D eigenvalue weighted by Gasteiger charge is -2.10. The van der Waals surface area contributed by atoms with Crippen LogP contribution in [0.5, 0.6) is 0 Å². The van der Waals surface area contributed by atoms with Gasteiger partial charge in [-0.05, 0) is 28.7 Å². The zero-order chi connectivity index (χ0) is 19.7. The highest BCUT2D eigenvalue weighted by atomic mass is 19.1. The number of Topliss-reactive ketones (excluding diaryl/α,β-unsaturated/α-hetero) is 1. The minimum atomic E-state index is -1.16. The van der Waals surface area contributed by atoms with Crippen molar-refractivity contribution in [2.75, 3.05) is 0 Å². The Balaban J connectivity index is 1.65. The first kappa shape index (κ1) is 18.3. The maximum atomic E-state index is 14.4. The van der Waals surface area contributed by atoms with E-state index in [0.29, 0.717) is 27.7 Å². The van der Waals surface area contributed by atoms with E-state index in [2.05, 4.69) is 0 Å². The highest BCUT2D eigenvalue weighted by Gasteiger charge is 2.30. The van der Waals surface area contributed by atoms with Crippen LogP contribution in [0.15, 0.2) is 66.7 Å². The fraction of sp³-hybridized carbons (Fsp3) is 0.0909. The molecule has 6 heteroatoms. The van der Waals surface area contributed by atoms with E-state index in [1.807, 2.05) is 6.07 Å². The number of hydrogen-bond acceptors (Lipinski definition) is 4. The summed E-state index contributed by atoms with van der Waals surface area (Å²) < 4.78 is 19.5. The SMILES string of the molecule is O=C(Cc1ccccc1C(=O)c1ccccc1)c1cc2c(cc1F)COB2O. The molecule has 3 aromatic carbocycles. The van der Waals surface area contributed by atoms with Crippen molar-refractivity contribution in [3.8, 4) is 0 Å². The van der Waals surface area contributed by atoms with Gasteiger partial charge >= 0.3 is 7.12 Å². The van der Waals surface area contributed by atoms with Gasteiger partial charge in [0.25, 0.3) is 0 Å². The van der Waals surface area contributed by atoms with Crippen molar-refractivity contribution in [2.45, 2.75) is 13.0 Å². The number of ketones is 2. The summed E-state index contributed by atoms with van der Waals surface area (Å²) in [6.07, 6.45) is -0.124. The predicted octanol–water partition coefficient (Wildman–Crippen LogP) is 2.70. The molecule has 0 saturated heterocycles. The van der Waals surface area contributed by atoms with Crippen LogP contribution in [0, 0.1) is 5.82 Å². The second kappa shape index (κ2) is 7.50.